The molecule has 0 aliphatic carbocycles. The van der Waals surface area contributed by atoms with Crippen LogP contribution >= 0.6 is 11.6 Å². The summed E-state index contributed by atoms with van der Waals surface area (Å²) in [6, 6.07) is 0. The fourth-order valence-corrected chi connectivity index (χ4v) is 1.03. The van der Waals surface area contributed by atoms with Crippen molar-refractivity contribution in [1.82, 2.24) is 9.97 Å². The molecular formula is C9H14ClN3O2. The minimum Gasteiger partial charge on any atom is -0.474 e. The fourth-order valence-electron chi connectivity index (χ4n) is 0.888. The molecule has 5 nitrogen and oxygen atoms in total. The van der Waals surface area contributed by atoms with Gasteiger partial charge in [-0.1, -0.05) is 11.6 Å². The molecule has 0 amide bonds. The first kappa shape index (κ1) is 12.0. The number of rotatable bonds is 5. The lowest BCUT2D eigenvalue weighted by Gasteiger charge is -2.09. The first-order valence-electron chi connectivity index (χ1n) is 4.62. The zero-order valence-electron chi connectivity index (χ0n) is 8.74. The van der Waals surface area contributed by atoms with Crippen LogP contribution in [0.1, 0.15) is 13.8 Å². The van der Waals surface area contributed by atoms with E-state index in [9.17, 15) is 0 Å². The number of nitrogens with two attached hydrogens (primary N) is 1. The summed E-state index contributed by atoms with van der Waals surface area (Å²) in [6.45, 7) is 4.78. The lowest BCUT2D eigenvalue weighted by Crippen LogP contribution is -2.12. The number of aromatic nitrogens is 2. The van der Waals surface area contributed by atoms with E-state index in [0.29, 0.717) is 18.2 Å². The van der Waals surface area contributed by atoms with Crippen LogP contribution in [0, 0.1) is 0 Å². The highest BCUT2D eigenvalue weighted by atomic mass is 35.5. The molecule has 0 bridgehead atoms. The van der Waals surface area contributed by atoms with E-state index in [4.69, 9.17) is 26.8 Å². The second-order valence-electron chi connectivity index (χ2n) is 3.15. The smallest absolute Gasteiger partial charge is 0.237 e. The average Bonchev–Trinajstić information content (AvgIpc) is 2.17. The number of nitrogen functional groups attached to an aromatic ring is 1. The summed E-state index contributed by atoms with van der Waals surface area (Å²) in [7, 11) is 0. The van der Waals surface area contributed by atoms with Gasteiger partial charge in [-0.15, -0.1) is 0 Å². The molecule has 1 aromatic heterocycles. The number of nitrogens with zero attached hydrogens (tertiary/aromatic N) is 2. The molecule has 6 heteroatoms. The molecule has 0 radical (unpaired) electrons. The maximum atomic E-state index is 5.79. The average molecular weight is 232 g/mol. The molecule has 1 rings (SSSR count). The van der Waals surface area contributed by atoms with Gasteiger partial charge in [0.15, 0.2) is 0 Å². The van der Waals surface area contributed by atoms with Crippen LogP contribution in [0.15, 0.2) is 6.20 Å². The Balaban J connectivity index is 2.40. The van der Waals surface area contributed by atoms with Gasteiger partial charge in [0, 0.05) is 0 Å². The summed E-state index contributed by atoms with van der Waals surface area (Å²) < 4.78 is 10.6. The van der Waals surface area contributed by atoms with Crippen molar-refractivity contribution in [3.05, 3.63) is 11.2 Å². The van der Waals surface area contributed by atoms with Crippen LogP contribution in [0.4, 0.5) is 5.95 Å². The molecule has 0 unspecified atom stereocenters. The molecule has 1 aromatic rings. The van der Waals surface area contributed by atoms with E-state index in [0.717, 1.165) is 0 Å². The molecule has 0 saturated carbocycles. The van der Waals surface area contributed by atoms with Crippen molar-refractivity contribution in [2.24, 2.45) is 0 Å². The Morgan fingerprint density at radius 3 is 2.87 bits per heavy atom. The highest BCUT2D eigenvalue weighted by molar-refractivity contribution is 6.31. The second kappa shape index (κ2) is 5.72. The summed E-state index contributed by atoms with van der Waals surface area (Å²) in [5.41, 5.74) is 5.39. The van der Waals surface area contributed by atoms with E-state index >= 15 is 0 Å². The maximum absolute atomic E-state index is 5.79. The van der Waals surface area contributed by atoms with Crippen molar-refractivity contribution in [2.45, 2.75) is 20.0 Å². The van der Waals surface area contributed by atoms with Gasteiger partial charge >= 0.3 is 0 Å². The predicted octanol–water partition coefficient (Wildman–Crippen LogP) is 1.52. The SMILES string of the molecule is CC(C)OCCOc1nc(N)ncc1Cl. The Morgan fingerprint density at radius 2 is 2.20 bits per heavy atom. The highest BCUT2D eigenvalue weighted by Gasteiger charge is 2.04. The lowest BCUT2D eigenvalue weighted by molar-refractivity contribution is 0.0543. The predicted molar refractivity (Wildman–Crippen MR) is 58.0 cm³/mol. The molecule has 0 spiro atoms. The summed E-state index contributed by atoms with van der Waals surface area (Å²) in [4.78, 5) is 7.57. The van der Waals surface area contributed by atoms with Crippen molar-refractivity contribution in [3.8, 4) is 5.88 Å². The van der Waals surface area contributed by atoms with Gasteiger partial charge < -0.3 is 15.2 Å². The first-order chi connectivity index (χ1) is 7.09. The molecule has 15 heavy (non-hydrogen) atoms. The molecule has 84 valence electrons. The van der Waals surface area contributed by atoms with Gasteiger partial charge in [0.25, 0.3) is 0 Å². The lowest BCUT2D eigenvalue weighted by atomic mass is 10.5. The maximum Gasteiger partial charge on any atom is 0.237 e. The summed E-state index contributed by atoms with van der Waals surface area (Å²) in [6.07, 6.45) is 1.59. The first-order valence-corrected chi connectivity index (χ1v) is 5.00. The van der Waals surface area contributed by atoms with E-state index < -0.39 is 0 Å². The highest BCUT2D eigenvalue weighted by Crippen LogP contribution is 2.20. The van der Waals surface area contributed by atoms with Crippen molar-refractivity contribution in [2.75, 3.05) is 18.9 Å². The number of anilines is 1. The van der Waals surface area contributed by atoms with E-state index in [1.165, 1.54) is 6.20 Å². The van der Waals surface area contributed by atoms with E-state index in [1.54, 1.807) is 0 Å². The Morgan fingerprint density at radius 1 is 1.47 bits per heavy atom. The van der Waals surface area contributed by atoms with Crippen LogP contribution in [0.2, 0.25) is 5.02 Å². The molecular weight excluding hydrogens is 218 g/mol. The number of hydrogen-bond donors (Lipinski definition) is 1. The largest absolute Gasteiger partial charge is 0.474 e. The number of halogens is 1. The third-order valence-electron chi connectivity index (χ3n) is 1.50. The standard InChI is InChI=1S/C9H14ClN3O2/c1-6(2)14-3-4-15-8-7(10)5-12-9(11)13-8/h5-6H,3-4H2,1-2H3,(H2,11,12,13). The van der Waals surface area contributed by atoms with Gasteiger partial charge in [0.2, 0.25) is 11.8 Å². The van der Waals surface area contributed by atoms with Crippen LogP contribution in [-0.4, -0.2) is 29.3 Å². The monoisotopic (exact) mass is 231 g/mol. The van der Waals surface area contributed by atoms with Crippen LogP contribution in [0.3, 0.4) is 0 Å². The summed E-state index contributed by atoms with van der Waals surface area (Å²) >= 11 is 5.79. The Hall–Kier alpha value is -1.07. The zero-order chi connectivity index (χ0) is 11.3. The molecule has 2 N–H and O–H groups in total. The van der Waals surface area contributed by atoms with E-state index in [-0.39, 0.29) is 17.9 Å². The van der Waals surface area contributed by atoms with Crippen LogP contribution < -0.4 is 10.5 Å². The fraction of sp³-hybridized carbons (Fsp3) is 0.556. The van der Waals surface area contributed by atoms with Gasteiger partial charge in [0.05, 0.1) is 18.9 Å². The minimum absolute atomic E-state index is 0.138. The van der Waals surface area contributed by atoms with Crippen molar-refractivity contribution >= 4 is 17.5 Å². The Labute approximate surface area is 93.6 Å². The van der Waals surface area contributed by atoms with Gasteiger partial charge in [-0.05, 0) is 13.8 Å². The molecule has 0 atom stereocenters. The van der Waals surface area contributed by atoms with Crippen LogP contribution in [-0.2, 0) is 4.74 Å². The van der Waals surface area contributed by atoms with E-state index in [2.05, 4.69) is 9.97 Å². The topological polar surface area (TPSA) is 70.3 Å². The Kier molecular flexibility index (Phi) is 4.58. The quantitative estimate of drug-likeness (QED) is 0.778. The molecule has 0 saturated heterocycles. The summed E-state index contributed by atoms with van der Waals surface area (Å²) in [5, 5.41) is 0.341. The molecule has 0 aliphatic heterocycles. The van der Waals surface area contributed by atoms with E-state index in [1.807, 2.05) is 13.8 Å². The van der Waals surface area contributed by atoms with Crippen molar-refractivity contribution in [3.63, 3.8) is 0 Å². The van der Waals surface area contributed by atoms with Crippen molar-refractivity contribution < 1.29 is 9.47 Å². The van der Waals surface area contributed by atoms with Gasteiger partial charge in [-0.25, -0.2) is 4.98 Å². The summed E-state index contributed by atoms with van der Waals surface area (Å²) in [5.74, 6) is 0.427. The third-order valence-corrected chi connectivity index (χ3v) is 1.76. The molecule has 1 heterocycles. The second-order valence-corrected chi connectivity index (χ2v) is 3.56. The number of ether oxygens (including phenoxy) is 2. The molecule has 0 fully saturated rings. The normalized spacial score (nSPS) is 10.7. The number of hydrogen-bond acceptors (Lipinski definition) is 5. The molecule has 0 aromatic carbocycles. The Bertz CT molecular complexity index is 320. The third kappa shape index (κ3) is 4.31. The van der Waals surface area contributed by atoms with Gasteiger partial charge in [0.1, 0.15) is 11.6 Å². The van der Waals surface area contributed by atoms with Gasteiger partial charge in [-0.3, -0.25) is 0 Å². The van der Waals surface area contributed by atoms with Crippen molar-refractivity contribution in [1.29, 1.82) is 0 Å². The minimum atomic E-state index is 0.138. The van der Waals surface area contributed by atoms with Crippen LogP contribution in [0.25, 0.3) is 0 Å². The zero-order valence-corrected chi connectivity index (χ0v) is 9.49. The molecule has 0 aliphatic rings. The van der Waals surface area contributed by atoms with Gasteiger partial charge in [-0.2, -0.15) is 4.98 Å². The van der Waals surface area contributed by atoms with Crippen LogP contribution in [0.5, 0.6) is 5.88 Å².